The summed E-state index contributed by atoms with van der Waals surface area (Å²) in [5.74, 6) is -1.11. The Bertz CT molecular complexity index is 1200. The summed E-state index contributed by atoms with van der Waals surface area (Å²) in [7, 11) is 1.57. The number of carboxylic acids is 2. The first-order valence-corrected chi connectivity index (χ1v) is 20.5. The molecule has 0 aliphatic heterocycles. The number of aliphatic carboxylic acids is 2. The van der Waals surface area contributed by atoms with Gasteiger partial charge in [0.1, 0.15) is 25.4 Å². The van der Waals surface area contributed by atoms with E-state index in [0.29, 0.717) is 76.6 Å². The fourth-order valence-corrected chi connectivity index (χ4v) is 3.12. The Balaban J connectivity index is -0.000000167. The van der Waals surface area contributed by atoms with Crippen molar-refractivity contribution in [2.24, 2.45) is 0 Å². The molecule has 20 heteroatoms. The fourth-order valence-electron chi connectivity index (χ4n) is 3.12. The smallest absolute Gasteiger partial charge is 0.314 e. The van der Waals surface area contributed by atoms with Gasteiger partial charge >= 0.3 is 11.9 Å². The molecular weight excluding hydrogens is 1150 g/mol. The second-order valence-corrected chi connectivity index (χ2v) is 13.8. The van der Waals surface area contributed by atoms with Crippen LogP contribution in [0.5, 0.6) is 28.7 Å². The first kappa shape index (κ1) is 66.6. The Morgan fingerprint density at radius 2 is 1.09 bits per heavy atom. The van der Waals surface area contributed by atoms with Crippen molar-refractivity contribution >= 4 is 92.3 Å². The van der Waals surface area contributed by atoms with Crippen molar-refractivity contribution in [3.05, 3.63) is 60.6 Å². The average molecular weight is 1210 g/mol. The Morgan fingerprint density at radius 3 is 1.46 bits per heavy atom. The van der Waals surface area contributed by atoms with Gasteiger partial charge < -0.3 is 88.3 Å². The summed E-state index contributed by atoms with van der Waals surface area (Å²) in [6.07, 6.45) is 4.04. The number of benzene rings is 2. The van der Waals surface area contributed by atoms with Crippen LogP contribution in [0.15, 0.2) is 42.7 Å². The number of carboxylic acid groups (broad SMARTS) is 2. The summed E-state index contributed by atoms with van der Waals surface area (Å²) in [4.78, 5) is 32.1. The quantitative estimate of drug-likeness (QED) is 0.0152. The van der Waals surface area contributed by atoms with Crippen LogP contribution < -0.4 is 14.2 Å². The third-order valence-corrected chi connectivity index (χ3v) is 5.26. The van der Waals surface area contributed by atoms with E-state index in [0.717, 1.165) is 31.6 Å². The predicted molar refractivity (Wildman–Crippen MR) is 232 cm³/mol. The molecule has 0 heterocycles. The molecule has 322 valence electrons. The molecule has 0 amide bonds. The minimum atomic E-state index is -1.31. The molecular formula is C36H55I3O15V2-2. The first-order valence-electron chi connectivity index (χ1n) is 15.9. The van der Waals surface area contributed by atoms with E-state index in [1.807, 2.05) is 22.6 Å². The SMILES string of the molecule is CCCOCCOCCOc1cc(/C=C/OC=O)ccc1O.CCCOCCOCCOc1cc(OC)ccc1O.ICI.O=C(O)CC(=O)O.[CH2-]I.[CH3-].[V].[V]. The number of rotatable bonds is 24. The summed E-state index contributed by atoms with van der Waals surface area (Å²) < 4.78 is 42.8. The number of hydrogen-bond donors (Lipinski definition) is 4. The fraction of sp³-hybridized carbons (Fsp3) is 0.472. The van der Waals surface area contributed by atoms with Crippen molar-refractivity contribution in [2.75, 3.05) is 75.6 Å². The molecule has 4 N–H and O–H groups in total. The van der Waals surface area contributed by atoms with Crippen molar-refractivity contribution in [3.8, 4) is 28.7 Å². The first-order chi connectivity index (χ1) is 25.6. The number of carbonyl (C=O) groups excluding carboxylic acids is 1. The van der Waals surface area contributed by atoms with Crippen LogP contribution in [0.2, 0.25) is 0 Å². The number of phenols is 2. The zero-order valence-electron chi connectivity index (χ0n) is 32.1. The maximum absolute atomic E-state index is 10.0. The van der Waals surface area contributed by atoms with Gasteiger partial charge in [-0.05, 0) is 48.7 Å². The van der Waals surface area contributed by atoms with Gasteiger partial charge in [0, 0.05) is 56.4 Å². The number of methoxy groups -OCH3 is 1. The number of hydrogen-bond acceptors (Lipinski definition) is 13. The van der Waals surface area contributed by atoms with Gasteiger partial charge in [0.05, 0.1) is 55.4 Å². The van der Waals surface area contributed by atoms with Gasteiger partial charge in [0.25, 0.3) is 6.47 Å². The van der Waals surface area contributed by atoms with Crippen molar-refractivity contribution in [1.29, 1.82) is 0 Å². The van der Waals surface area contributed by atoms with Gasteiger partial charge in [0.15, 0.2) is 23.0 Å². The van der Waals surface area contributed by atoms with Crippen molar-refractivity contribution < 1.29 is 110 Å². The van der Waals surface area contributed by atoms with Gasteiger partial charge in [-0.25, -0.2) is 0 Å². The molecule has 2 rings (SSSR count). The minimum Gasteiger partial charge on any atom is -0.504 e. The molecule has 15 nitrogen and oxygen atoms in total. The molecule has 0 aromatic heterocycles. The summed E-state index contributed by atoms with van der Waals surface area (Å²) in [6.45, 7) is 9.71. The van der Waals surface area contributed by atoms with E-state index in [1.165, 1.54) is 20.8 Å². The molecule has 0 saturated heterocycles. The third-order valence-electron chi connectivity index (χ3n) is 5.26. The molecule has 0 aliphatic carbocycles. The van der Waals surface area contributed by atoms with Crippen LogP contribution in [0.4, 0.5) is 0 Å². The number of phenolic OH excluding ortho intramolecular Hbond substituents is 2. The van der Waals surface area contributed by atoms with Crippen LogP contribution in [0.25, 0.3) is 6.08 Å². The number of ether oxygens (including phenoxy) is 8. The van der Waals surface area contributed by atoms with Gasteiger partial charge in [-0.1, -0.05) is 65.1 Å². The molecule has 0 bridgehead atoms. The van der Waals surface area contributed by atoms with Crippen molar-refractivity contribution in [3.63, 3.8) is 0 Å². The monoisotopic (exact) mass is 1210 g/mol. The van der Waals surface area contributed by atoms with Crippen LogP contribution >= 0.6 is 67.8 Å². The number of alkyl halides is 2. The van der Waals surface area contributed by atoms with Crippen LogP contribution in [0.1, 0.15) is 38.7 Å². The van der Waals surface area contributed by atoms with Gasteiger partial charge in [-0.15, -0.1) is 0 Å². The van der Waals surface area contributed by atoms with Crippen molar-refractivity contribution in [2.45, 2.75) is 33.1 Å². The average Bonchev–Trinajstić information content (AvgIpc) is 3.13. The molecule has 2 aromatic rings. The molecule has 2 radical (unpaired) electrons. The Morgan fingerprint density at radius 1 is 0.696 bits per heavy atom. The molecule has 0 aliphatic rings. The van der Waals surface area contributed by atoms with Crippen molar-refractivity contribution in [1.82, 2.24) is 0 Å². The molecule has 0 atom stereocenters. The van der Waals surface area contributed by atoms with Gasteiger partial charge in [-0.2, -0.15) is 0 Å². The minimum absolute atomic E-state index is 0. The van der Waals surface area contributed by atoms with E-state index in [2.05, 4.69) is 68.7 Å². The largest absolute Gasteiger partial charge is 0.504 e. The molecule has 0 saturated carbocycles. The summed E-state index contributed by atoms with van der Waals surface area (Å²) in [5.41, 5.74) is 0.739. The Kier molecular flexibility index (Phi) is 61.6. The van der Waals surface area contributed by atoms with Crippen LogP contribution in [-0.4, -0.2) is 114 Å². The summed E-state index contributed by atoms with van der Waals surface area (Å²) in [6, 6.07) is 9.67. The summed E-state index contributed by atoms with van der Waals surface area (Å²) >= 11 is 6.45. The number of halogens is 3. The Labute approximate surface area is 396 Å². The molecule has 2 aromatic carbocycles. The zero-order valence-corrected chi connectivity index (χ0v) is 41.4. The second-order valence-electron chi connectivity index (χ2n) is 9.31. The maximum atomic E-state index is 10.0. The maximum Gasteiger partial charge on any atom is 0.314 e. The van der Waals surface area contributed by atoms with Gasteiger partial charge in [0.2, 0.25) is 0 Å². The number of carbonyl (C=O) groups is 3. The second kappa shape index (κ2) is 51.8. The van der Waals surface area contributed by atoms with E-state index in [9.17, 15) is 24.6 Å². The van der Waals surface area contributed by atoms with E-state index >= 15 is 0 Å². The van der Waals surface area contributed by atoms with Crippen LogP contribution in [0, 0.1) is 12.4 Å². The third kappa shape index (κ3) is 45.5. The predicted octanol–water partition coefficient (Wildman–Crippen LogP) is 7.60. The van der Waals surface area contributed by atoms with E-state index in [-0.39, 0.29) is 56.0 Å². The normalized spacial score (nSPS) is 9.20. The number of aromatic hydroxyl groups is 2. The van der Waals surface area contributed by atoms with Gasteiger partial charge in [-0.3, -0.25) is 19.3 Å². The molecule has 0 unspecified atom stereocenters. The topological polar surface area (TPSA) is 206 Å². The standard InChI is InChI=1S/C16H22O6.C14H22O5.C3H4O4.CH2I2.CH2I.CH3.2V/c1-2-6-19-8-9-20-10-11-22-16-12-14(3-4-15(16)18)5-7-21-13-17;1-3-6-17-7-8-18-9-10-19-14-11-12(16-2)4-5-13(14)15;4-2(5)1-3(6)7;2-1-3;1-2;;;/h3-5,7,12-13,18H,2,6,8-11H2,1H3;4-5,11,15H,3,6-10H2,1-2H3;1H2,(H,4,5)(H,6,7);1H2;1H2;1H3;;/q;;;;2*-1;;/b7-5+;;;;;;;. The molecule has 0 fully saturated rings. The van der Waals surface area contributed by atoms with E-state index in [4.69, 9.17) is 43.4 Å². The summed E-state index contributed by atoms with van der Waals surface area (Å²) in [5, 5.41) is 34.7. The van der Waals surface area contributed by atoms with E-state index in [1.54, 1.807) is 37.5 Å². The van der Waals surface area contributed by atoms with E-state index < -0.39 is 18.4 Å². The zero-order chi connectivity index (χ0) is 40.5. The molecule has 56 heavy (non-hydrogen) atoms. The molecule has 0 spiro atoms. The Hall–Kier alpha value is -1.21. The van der Waals surface area contributed by atoms with Crippen LogP contribution in [0.3, 0.4) is 0 Å². The van der Waals surface area contributed by atoms with Crippen LogP contribution in [-0.2, 0) is 75.2 Å².